The van der Waals surface area contributed by atoms with Gasteiger partial charge in [-0.1, -0.05) is 36.8 Å². The number of hydrogen-bond donors (Lipinski definition) is 1. The predicted molar refractivity (Wildman–Crippen MR) is 83.8 cm³/mol. The maximum Gasteiger partial charge on any atom is 0.0595 e. The zero-order chi connectivity index (χ0) is 14.5. The number of ether oxygens (including phenoxy) is 1. The molecular weight excluding hydrogens is 248 g/mol. The Morgan fingerprint density at radius 2 is 2.05 bits per heavy atom. The molecule has 0 bridgehead atoms. The monoisotopic (exact) mass is 276 g/mol. The molecule has 0 aromatic heterocycles. The van der Waals surface area contributed by atoms with Crippen LogP contribution in [0.15, 0.2) is 24.3 Å². The minimum absolute atomic E-state index is 0.191. The molecule has 0 saturated carbocycles. The molecular formula is C17H28N2O. The van der Waals surface area contributed by atoms with Crippen LogP contribution in [0, 0.1) is 6.92 Å². The maximum absolute atomic E-state index is 6.42. The summed E-state index contributed by atoms with van der Waals surface area (Å²) in [5, 5.41) is 0. The van der Waals surface area contributed by atoms with E-state index in [1.807, 2.05) is 7.11 Å². The van der Waals surface area contributed by atoms with E-state index in [4.69, 9.17) is 10.5 Å². The van der Waals surface area contributed by atoms with Crippen molar-refractivity contribution in [2.45, 2.75) is 51.3 Å². The van der Waals surface area contributed by atoms with Crippen LogP contribution >= 0.6 is 0 Å². The third-order valence-electron chi connectivity index (χ3n) is 4.46. The molecule has 2 atom stereocenters. The van der Waals surface area contributed by atoms with Gasteiger partial charge in [-0.05, 0) is 31.7 Å². The van der Waals surface area contributed by atoms with Gasteiger partial charge in [0.15, 0.2) is 0 Å². The van der Waals surface area contributed by atoms with Crippen molar-refractivity contribution in [3.8, 4) is 0 Å². The molecule has 1 aliphatic heterocycles. The van der Waals surface area contributed by atoms with Crippen molar-refractivity contribution in [2.75, 3.05) is 20.2 Å². The van der Waals surface area contributed by atoms with Gasteiger partial charge in [-0.2, -0.15) is 0 Å². The van der Waals surface area contributed by atoms with Crippen LogP contribution in [0.5, 0.6) is 0 Å². The number of nitrogens with two attached hydrogens (primary N) is 1. The second-order valence-corrected chi connectivity index (χ2v) is 5.90. The first-order chi connectivity index (χ1) is 9.65. The lowest BCUT2D eigenvalue weighted by molar-refractivity contribution is 0.0222. The summed E-state index contributed by atoms with van der Waals surface area (Å²) in [5.41, 5.74) is 9.09. The lowest BCUT2D eigenvalue weighted by Gasteiger charge is -2.40. The van der Waals surface area contributed by atoms with E-state index in [-0.39, 0.29) is 6.04 Å². The highest BCUT2D eigenvalue weighted by Crippen LogP contribution is 2.29. The van der Waals surface area contributed by atoms with E-state index in [2.05, 4.69) is 43.0 Å². The van der Waals surface area contributed by atoms with Gasteiger partial charge in [-0.15, -0.1) is 0 Å². The van der Waals surface area contributed by atoms with E-state index < -0.39 is 0 Å². The average molecular weight is 276 g/mol. The van der Waals surface area contributed by atoms with Crippen molar-refractivity contribution in [2.24, 2.45) is 5.73 Å². The zero-order valence-electron chi connectivity index (χ0n) is 13.0. The first-order valence-electron chi connectivity index (χ1n) is 7.74. The fourth-order valence-corrected chi connectivity index (χ4v) is 3.20. The van der Waals surface area contributed by atoms with Crippen LogP contribution in [0.3, 0.4) is 0 Å². The normalized spacial score (nSPS) is 20.8. The number of likely N-dealkylation sites (tertiary alicyclic amines) is 1. The van der Waals surface area contributed by atoms with E-state index in [1.54, 1.807) is 0 Å². The summed E-state index contributed by atoms with van der Waals surface area (Å²) in [5.74, 6) is 0. The molecule has 1 heterocycles. The van der Waals surface area contributed by atoms with Crippen LogP contribution in [-0.4, -0.2) is 37.2 Å². The van der Waals surface area contributed by atoms with Crippen LogP contribution < -0.4 is 5.73 Å². The molecule has 1 aliphatic rings. The maximum atomic E-state index is 6.42. The Morgan fingerprint density at radius 3 is 2.60 bits per heavy atom. The Labute approximate surface area is 123 Å². The predicted octanol–water partition coefficient (Wildman–Crippen LogP) is 2.88. The molecule has 1 aromatic rings. The topological polar surface area (TPSA) is 38.5 Å². The SMILES string of the molecule is CCC(N)C(c1cccc(C)c1)N1CCC(OC)CC1. The molecule has 20 heavy (non-hydrogen) atoms. The van der Waals surface area contributed by atoms with Crippen molar-refractivity contribution in [3.63, 3.8) is 0 Å². The van der Waals surface area contributed by atoms with Gasteiger partial charge in [0.2, 0.25) is 0 Å². The van der Waals surface area contributed by atoms with E-state index >= 15 is 0 Å². The number of hydrogen-bond acceptors (Lipinski definition) is 3. The van der Waals surface area contributed by atoms with Crippen LogP contribution in [0.2, 0.25) is 0 Å². The number of methoxy groups -OCH3 is 1. The number of aryl methyl sites for hydroxylation is 1. The molecule has 1 fully saturated rings. The van der Waals surface area contributed by atoms with E-state index in [0.717, 1.165) is 32.4 Å². The molecule has 0 aliphatic carbocycles. The van der Waals surface area contributed by atoms with Crippen molar-refractivity contribution in [1.82, 2.24) is 4.90 Å². The Morgan fingerprint density at radius 1 is 1.35 bits per heavy atom. The summed E-state index contributed by atoms with van der Waals surface area (Å²) in [7, 11) is 1.82. The Hall–Kier alpha value is -0.900. The van der Waals surface area contributed by atoms with Crippen molar-refractivity contribution >= 4 is 0 Å². The number of piperidine rings is 1. The summed E-state index contributed by atoms with van der Waals surface area (Å²) >= 11 is 0. The zero-order valence-corrected chi connectivity index (χ0v) is 13.0. The summed E-state index contributed by atoms with van der Waals surface area (Å²) in [6.07, 6.45) is 3.63. The van der Waals surface area contributed by atoms with Crippen LogP contribution in [-0.2, 0) is 4.74 Å². The van der Waals surface area contributed by atoms with Gasteiger partial charge in [0.25, 0.3) is 0 Å². The molecule has 2 rings (SSSR count). The largest absolute Gasteiger partial charge is 0.381 e. The number of benzene rings is 1. The minimum Gasteiger partial charge on any atom is -0.381 e. The van der Waals surface area contributed by atoms with Gasteiger partial charge in [0.05, 0.1) is 6.10 Å². The fourth-order valence-electron chi connectivity index (χ4n) is 3.20. The van der Waals surface area contributed by atoms with E-state index in [1.165, 1.54) is 11.1 Å². The second kappa shape index (κ2) is 7.21. The summed E-state index contributed by atoms with van der Waals surface area (Å²) < 4.78 is 5.47. The molecule has 112 valence electrons. The molecule has 1 aromatic carbocycles. The summed E-state index contributed by atoms with van der Waals surface area (Å²) in [6, 6.07) is 9.31. The molecule has 0 amide bonds. The van der Waals surface area contributed by atoms with Crippen LogP contribution in [0.25, 0.3) is 0 Å². The average Bonchev–Trinajstić information content (AvgIpc) is 2.48. The Bertz CT molecular complexity index is 413. The van der Waals surface area contributed by atoms with Gasteiger partial charge in [-0.25, -0.2) is 0 Å². The fraction of sp³-hybridized carbons (Fsp3) is 0.647. The van der Waals surface area contributed by atoms with Gasteiger partial charge in [0.1, 0.15) is 0 Å². The highest BCUT2D eigenvalue weighted by molar-refractivity contribution is 5.26. The van der Waals surface area contributed by atoms with E-state index in [0.29, 0.717) is 12.1 Å². The summed E-state index contributed by atoms with van der Waals surface area (Å²) in [6.45, 7) is 6.47. The first-order valence-corrected chi connectivity index (χ1v) is 7.74. The lowest BCUT2D eigenvalue weighted by Crippen LogP contribution is -2.45. The van der Waals surface area contributed by atoms with Crippen molar-refractivity contribution < 1.29 is 4.74 Å². The summed E-state index contributed by atoms with van der Waals surface area (Å²) in [4.78, 5) is 2.54. The third-order valence-corrected chi connectivity index (χ3v) is 4.46. The smallest absolute Gasteiger partial charge is 0.0595 e. The molecule has 3 nitrogen and oxygen atoms in total. The highest BCUT2D eigenvalue weighted by Gasteiger charge is 2.29. The third kappa shape index (κ3) is 3.60. The molecule has 1 saturated heterocycles. The van der Waals surface area contributed by atoms with Gasteiger partial charge in [0, 0.05) is 32.3 Å². The molecule has 2 unspecified atom stereocenters. The number of nitrogens with zero attached hydrogens (tertiary/aromatic N) is 1. The van der Waals surface area contributed by atoms with Crippen LogP contribution in [0.4, 0.5) is 0 Å². The van der Waals surface area contributed by atoms with Crippen LogP contribution in [0.1, 0.15) is 43.4 Å². The van der Waals surface area contributed by atoms with E-state index in [9.17, 15) is 0 Å². The Balaban J connectivity index is 2.16. The first kappa shape index (κ1) is 15.5. The van der Waals surface area contributed by atoms with Crippen molar-refractivity contribution in [1.29, 1.82) is 0 Å². The quantitative estimate of drug-likeness (QED) is 0.898. The van der Waals surface area contributed by atoms with Gasteiger partial charge in [-0.3, -0.25) is 4.90 Å². The van der Waals surface area contributed by atoms with Crippen molar-refractivity contribution in [3.05, 3.63) is 35.4 Å². The molecule has 0 radical (unpaired) electrons. The molecule has 0 spiro atoms. The lowest BCUT2D eigenvalue weighted by atomic mass is 9.93. The standard InChI is InChI=1S/C17H28N2O/c1-4-16(18)17(14-7-5-6-13(2)12-14)19-10-8-15(20-3)9-11-19/h5-7,12,15-17H,4,8-11,18H2,1-3H3. The number of rotatable bonds is 5. The molecule has 2 N–H and O–H groups in total. The second-order valence-electron chi connectivity index (χ2n) is 5.90. The highest BCUT2D eigenvalue weighted by atomic mass is 16.5. The Kier molecular flexibility index (Phi) is 5.58. The van der Waals surface area contributed by atoms with Gasteiger partial charge < -0.3 is 10.5 Å². The van der Waals surface area contributed by atoms with Gasteiger partial charge >= 0.3 is 0 Å². The minimum atomic E-state index is 0.191. The molecule has 3 heteroatoms.